The highest BCUT2D eigenvalue weighted by atomic mass is 19.1. The highest BCUT2D eigenvalue weighted by molar-refractivity contribution is 5.89. The van der Waals surface area contributed by atoms with Gasteiger partial charge in [-0.3, -0.25) is 9.59 Å². The highest BCUT2D eigenvalue weighted by Crippen LogP contribution is 2.20. The molecule has 2 atom stereocenters. The average Bonchev–Trinajstić information content (AvgIpc) is 2.44. The first-order valence-electron chi connectivity index (χ1n) is 7.50. The molecule has 0 heterocycles. The van der Waals surface area contributed by atoms with E-state index in [-0.39, 0.29) is 12.5 Å². The molecule has 0 aliphatic heterocycles. The molecule has 0 saturated heterocycles. The topological polar surface area (TPSA) is 78.4 Å². The third-order valence-electron chi connectivity index (χ3n) is 3.50. The molecule has 0 saturated carbocycles. The fourth-order valence-corrected chi connectivity index (χ4v) is 1.80. The van der Waals surface area contributed by atoms with E-state index in [1.807, 2.05) is 0 Å². The van der Waals surface area contributed by atoms with E-state index in [2.05, 4.69) is 10.6 Å². The number of carbonyl (C=O) groups is 2. The summed E-state index contributed by atoms with van der Waals surface area (Å²) in [5, 5.41) is 15.6. The third-order valence-corrected chi connectivity index (χ3v) is 3.50. The SMILES string of the molecule is CC(NC(=O)C(C)(C)C)C(=O)NCC(C)(O)c1ccc(F)cc1. The number of halogens is 1. The van der Waals surface area contributed by atoms with E-state index in [1.165, 1.54) is 31.2 Å². The molecule has 2 unspecified atom stereocenters. The van der Waals surface area contributed by atoms with Gasteiger partial charge in [0.25, 0.3) is 0 Å². The summed E-state index contributed by atoms with van der Waals surface area (Å²) >= 11 is 0. The van der Waals surface area contributed by atoms with E-state index in [1.54, 1.807) is 27.7 Å². The zero-order chi connectivity index (χ0) is 17.8. The zero-order valence-corrected chi connectivity index (χ0v) is 14.2. The van der Waals surface area contributed by atoms with Crippen molar-refractivity contribution in [2.75, 3.05) is 6.54 Å². The lowest BCUT2D eigenvalue weighted by Crippen LogP contribution is -2.50. The first-order chi connectivity index (χ1) is 10.4. The Morgan fingerprint density at radius 2 is 1.70 bits per heavy atom. The van der Waals surface area contributed by atoms with Crippen molar-refractivity contribution >= 4 is 11.8 Å². The van der Waals surface area contributed by atoms with Crippen LogP contribution < -0.4 is 10.6 Å². The molecule has 1 aromatic carbocycles. The number of carbonyl (C=O) groups excluding carboxylic acids is 2. The Kier molecular flexibility index (Phi) is 5.88. The minimum atomic E-state index is -1.34. The van der Waals surface area contributed by atoms with Crippen molar-refractivity contribution in [3.63, 3.8) is 0 Å². The van der Waals surface area contributed by atoms with E-state index in [9.17, 15) is 19.1 Å². The summed E-state index contributed by atoms with van der Waals surface area (Å²) in [6, 6.07) is 4.71. The molecule has 0 aliphatic carbocycles. The normalized spacial score (nSPS) is 15.4. The molecule has 0 fully saturated rings. The van der Waals surface area contributed by atoms with E-state index >= 15 is 0 Å². The summed E-state index contributed by atoms with van der Waals surface area (Å²) in [4.78, 5) is 23.9. The number of hydrogen-bond acceptors (Lipinski definition) is 3. The van der Waals surface area contributed by atoms with Crippen LogP contribution in [0.5, 0.6) is 0 Å². The summed E-state index contributed by atoms with van der Waals surface area (Å²) in [7, 11) is 0. The van der Waals surface area contributed by atoms with Crippen molar-refractivity contribution in [1.29, 1.82) is 0 Å². The summed E-state index contributed by atoms with van der Waals surface area (Å²) < 4.78 is 12.9. The summed E-state index contributed by atoms with van der Waals surface area (Å²) in [5.74, 6) is -1.03. The zero-order valence-electron chi connectivity index (χ0n) is 14.2. The molecule has 1 aromatic rings. The van der Waals surface area contributed by atoms with Crippen LogP contribution in [0.4, 0.5) is 4.39 Å². The Labute approximate surface area is 136 Å². The molecular formula is C17H25FN2O3. The van der Waals surface area contributed by atoms with Gasteiger partial charge in [-0.2, -0.15) is 0 Å². The molecule has 2 amide bonds. The molecule has 0 bridgehead atoms. The lowest BCUT2D eigenvalue weighted by molar-refractivity contribution is -0.133. The molecule has 23 heavy (non-hydrogen) atoms. The molecule has 0 aromatic heterocycles. The Bertz CT molecular complexity index is 562. The third kappa shape index (κ3) is 5.63. The van der Waals surface area contributed by atoms with Crippen LogP contribution in [0.3, 0.4) is 0 Å². The van der Waals surface area contributed by atoms with Gasteiger partial charge in [0.15, 0.2) is 0 Å². The Morgan fingerprint density at radius 1 is 1.17 bits per heavy atom. The molecule has 128 valence electrons. The Morgan fingerprint density at radius 3 is 2.17 bits per heavy atom. The van der Waals surface area contributed by atoms with Crippen LogP contribution in [-0.2, 0) is 15.2 Å². The van der Waals surface area contributed by atoms with Gasteiger partial charge in [0.1, 0.15) is 17.5 Å². The Hall–Kier alpha value is -1.95. The van der Waals surface area contributed by atoms with E-state index < -0.39 is 28.8 Å². The monoisotopic (exact) mass is 324 g/mol. The van der Waals surface area contributed by atoms with E-state index in [4.69, 9.17) is 0 Å². The number of hydrogen-bond donors (Lipinski definition) is 3. The highest BCUT2D eigenvalue weighted by Gasteiger charge is 2.27. The number of nitrogens with one attached hydrogen (secondary N) is 2. The van der Waals surface area contributed by atoms with Crippen LogP contribution in [-0.4, -0.2) is 29.5 Å². The van der Waals surface area contributed by atoms with Crippen LogP contribution in [0.1, 0.15) is 40.2 Å². The van der Waals surface area contributed by atoms with Gasteiger partial charge >= 0.3 is 0 Å². The van der Waals surface area contributed by atoms with E-state index in [0.717, 1.165) is 0 Å². The first kappa shape index (κ1) is 19.1. The van der Waals surface area contributed by atoms with Gasteiger partial charge in [-0.05, 0) is 31.5 Å². The van der Waals surface area contributed by atoms with Gasteiger partial charge in [0.2, 0.25) is 11.8 Å². The van der Waals surface area contributed by atoms with E-state index in [0.29, 0.717) is 5.56 Å². The van der Waals surface area contributed by atoms with Crippen molar-refractivity contribution in [1.82, 2.24) is 10.6 Å². The van der Waals surface area contributed by atoms with Crippen LogP contribution in [0.15, 0.2) is 24.3 Å². The largest absolute Gasteiger partial charge is 0.384 e. The maximum absolute atomic E-state index is 12.9. The van der Waals surface area contributed by atoms with Crippen LogP contribution >= 0.6 is 0 Å². The second-order valence-corrected chi connectivity index (χ2v) is 6.94. The quantitative estimate of drug-likeness (QED) is 0.771. The van der Waals surface area contributed by atoms with Gasteiger partial charge < -0.3 is 15.7 Å². The minimum Gasteiger partial charge on any atom is -0.384 e. The molecule has 1 rings (SSSR count). The van der Waals surface area contributed by atoms with Crippen LogP contribution in [0, 0.1) is 11.2 Å². The van der Waals surface area contributed by atoms with Crippen molar-refractivity contribution in [2.24, 2.45) is 5.41 Å². The number of rotatable bonds is 5. The molecule has 6 heteroatoms. The van der Waals surface area contributed by atoms with Crippen LogP contribution in [0.25, 0.3) is 0 Å². The summed E-state index contributed by atoms with van der Waals surface area (Å²) in [5.41, 5.74) is -1.43. The van der Waals surface area contributed by atoms with Gasteiger partial charge in [0.05, 0.1) is 6.54 Å². The van der Waals surface area contributed by atoms with Gasteiger partial charge in [-0.1, -0.05) is 32.9 Å². The first-order valence-corrected chi connectivity index (χ1v) is 7.50. The molecule has 3 N–H and O–H groups in total. The fourth-order valence-electron chi connectivity index (χ4n) is 1.80. The summed E-state index contributed by atoms with van der Waals surface area (Å²) in [6.07, 6.45) is 0. The summed E-state index contributed by atoms with van der Waals surface area (Å²) in [6.45, 7) is 8.32. The number of benzene rings is 1. The van der Waals surface area contributed by atoms with Crippen molar-refractivity contribution in [3.8, 4) is 0 Å². The van der Waals surface area contributed by atoms with Crippen molar-refractivity contribution < 1.29 is 19.1 Å². The molecular weight excluding hydrogens is 299 g/mol. The van der Waals surface area contributed by atoms with Crippen LogP contribution in [0.2, 0.25) is 0 Å². The lowest BCUT2D eigenvalue weighted by Gasteiger charge is -2.26. The smallest absolute Gasteiger partial charge is 0.242 e. The predicted octanol–water partition coefficient (Wildman–Crippen LogP) is 1.70. The molecule has 0 aliphatic rings. The second-order valence-electron chi connectivity index (χ2n) is 6.94. The number of amides is 2. The molecule has 5 nitrogen and oxygen atoms in total. The van der Waals surface area contributed by atoms with Crippen molar-refractivity contribution in [3.05, 3.63) is 35.6 Å². The average molecular weight is 324 g/mol. The molecule has 0 spiro atoms. The van der Waals surface area contributed by atoms with Crippen molar-refractivity contribution in [2.45, 2.75) is 46.3 Å². The van der Waals surface area contributed by atoms with Gasteiger partial charge in [-0.15, -0.1) is 0 Å². The lowest BCUT2D eigenvalue weighted by atomic mass is 9.95. The Balaban J connectivity index is 2.60. The second kappa shape index (κ2) is 7.08. The fraction of sp³-hybridized carbons (Fsp3) is 0.529. The molecule has 0 radical (unpaired) electrons. The standard InChI is InChI=1S/C17H25FN2O3/c1-11(20-15(22)16(2,3)4)14(21)19-10-17(5,23)12-6-8-13(18)9-7-12/h6-9,11,23H,10H2,1-5H3,(H,19,21)(H,20,22). The predicted molar refractivity (Wildman–Crippen MR) is 86.0 cm³/mol. The van der Waals surface area contributed by atoms with Gasteiger partial charge in [0, 0.05) is 5.41 Å². The maximum Gasteiger partial charge on any atom is 0.242 e. The maximum atomic E-state index is 12.9. The van der Waals surface area contributed by atoms with Gasteiger partial charge in [-0.25, -0.2) is 4.39 Å². The number of aliphatic hydroxyl groups is 1. The minimum absolute atomic E-state index is 0.0484.